The van der Waals surface area contributed by atoms with Crippen LogP contribution < -0.4 is 5.32 Å². The molecule has 0 spiro atoms. The van der Waals surface area contributed by atoms with Crippen LogP contribution in [0.2, 0.25) is 0 Å². The maximum atomic E-state index is 3.81. The Morgan fingerprint density at radius 1 is 1.00 bits per heavy atom. The molecule has 2 saturated carbocycles. The maximum absolute atomic E-state index is 3.81. The summed E-state index contributed by atoms with van der Waals surface area (Å²) >= 11 is 0. The lowest BCUT2D eigenvalue weighted by atomic mass is 9.69. The average molecular weight is 293 g/mol. The Hall–Kier alpha value is -0.0800. The Morgan fingerprint density at radius 2 is 1.67 bits per heavy atom. The monoisotopic (exact) mass is 292 g/mol. The van der Waals surface area contributed by atoms with Crippen LogP contribution in [0.4, 0.5) is 0 Å². The summed E-state index contributed by atoms with van der Waals surface area (Å²) in [4.78, 5) is 2.89. The van der Waals surface area contributed by atoms with Gasteiger partial charge in [0.25, 0.3) is 0 Å². The normalized spacial score (nSPS) is 41.4. The van der Waals surface area contributed by atoms with Crippen molar-refractivity contribution < 1.29 is 0 Å². The van der Waals surface area contributed by atoms with Crippen LogP contribution in [0, 0.1) is 23.2 Å². The van der Waals surface area contributed by atoms with Gasteiger partial charge in [-0.1, -0.05) is 34.1 Å². The largest absolute Gasteiger partial charge is 0.313 e. The van der Waals surface area contributed by atoms with Crippen LogP contribution >= 0.6 is 0 Å². The molecule has 0 bridgehead atoms. The molecule has 1 N–H and O–H groups in total. The second-order valence-corrected chi connectivity index (χ2v) is 9.01. The first-order valence-electron chi connectivity index (χ1n) is 9.46. The summed E-state index contributed by atoms with van der Waals surface area (Å²) in [6.45, 7) is 13.5. The molecule has 2 heteroatoms. The molecule has 5 unspecified atom stereocenters. The molecule has 0 amide bonds. The summed E-state index contributed by atoms with van der Waals surface area (Å²) in [6.07, 6.45) is 8.71. The highest BCUT2D eigenvalue weighted by Gasteiger charge is 2.44. The maximum Gasteiger partial charge on any atom is 0.0252 e. The zero-order valence-electron chi connectivity index (χ0n) is 14.7. The molecule has 0 aromatic rings. The van der Waals surface area contributed by atoms with Crippen LogP contribution in [0.25, 0.3) is 0 Å². The van der Waals surface area contributed by atoms with Gasteiger partial charge in [-0.05, 0) is 61.8 Å². The number of hydrogen-bond acceptors (Lipinski definition) is 2. The second-order valence-electron chi connectivity index (χ2n) is 9.01. The van der Waals surface area contributed by atoms with Crippen LogP contribution in [0.3, 0.4) is 0 Å². The molecule has 0 radical (unpaired) electrons. The SMILES string of the molecule is CCNC1CCC(C(C)(C)C)CC1N1CC2CCCC2C1. The van der Waals surface area contributed by atoms with Crippen molar-refractivity contribution in [3.05, 3.63) is 0 Å². The first kappa shape index (κ1) is 15.8. The van der Waals surface area contributed by atoms with Crippen molar-refractivity contribution in [2.24, 2.45) is 23.2 Å². The molecule has 0 aromatic carbocycles. The summed E-state index contributed by atoms with van der Waals surface area (Å²) in [7, 11) is 0. The number of rotatable bonds is 3. The number of likely N-dealkylation sites (N-methyl/N-ethyl adjacent to an activating group) is 1. The molecular formula is C19H36N2. The quantitative estimate of drug-likeness (QED) is 0.848. The van der Waals surface area contributed by atoms with E-state index in [1.165, 1.54) is 51.6 Å². The topological polar surface area (TPSA) is 15.3 Å². The molecule has 1 aliphatic heterocycles. The fourth-order valence-corrected chi connectivity index (χ4v) is 5.38. The van der Waals surface area contributed by atoms with Crippen LogP contribution in [0.15, 0.2) is 0 Å². The lowest BCUT2D eigenvalue weighted by molar-refractivity contribution is 0.0674. The summed E-state index contributed by atoms with van der Waals surface area (Å²) in [6, 6.07) is 1.54. The third-order valence-corrected chi connectivity index (χ3v) is 6.73. The Morgan fingerprint density at radius 3 is 2.24 bits per heavy atom. The molecule has 3 aliphatic rings. The van der Waals surface area contributed by atoms with Gasteiger partial charge in [0.05, 0.1) is 0 Å². The molecule has 0 aromatic heterocycles. The van der Waals surface area contributed by atoms with E-state index in [0.717, 1.165) is 36.4 Å². The standard InChI is InChI=1S/C19H36N2/c1-5-20-17-10-9-16(19(2,3)4)11-18(17)21-12-14-7-6-8-15(14)13-21/h14-18,20H,5-13H2,1-4H3. The predicted octanol–water partition coefficient (Wildman–Crippen LogP) is 3.91. The van der Waals surface area contributed by atoms with Gasteiger partial charge in [-0.25, -0.2) is 0 Å². The molecule has 122 valence electrons. The van der Waals surface area contributed by atoms with Gasteiger partial charge in [0.15, 0.2) is 0 Å². The molecule has 2 nitrogen and oxygen atoms in total. The molecule has 5 atom stereocenters. The second kappa shape index (κ2) is 6.20. The van der Waals surface area contributed by atoms with Crippen molar-refractivity contribution >= 4 is 0 Å². The number of hydrogen-bond donors (Lipinski definition) is 1. The first-order chi connectivity index (χ1) is 9.99. The summed E-state index contributed by atoms with van der Waals surface area (Å²) < 4.78 is 0. The number of likely N-dealkylation sites (tertiary alicyclic amines) is 1. The van der Waals surface area contributed by atoms with Crippen molar-refractivity contribution in [2.75, 3.05) is 19.6 Å². The molecule has 1 heterocycles. The van der Waals surface area contributed by atoms with Crippen LogP contribution in [0.1, 0.15) is 66.2 Å². The zero-order chi connectivity index (χ0) is 15.0. The van der Waals surface area contributed by atoms with Crippen LogP contribution in [0.5, 0.6) is 0 Å². The van der Waals surface area contributed by atoms with Gasteiger partial charge in [0.2, 0.25) is 0 Å². The molecule has 21 heavy (non-hydrogen) atoms. The fraction of sp³-hybridized carbons (Fsp3) is 1.00. The summed E-state index contributed by atoms with van der Waals surface area (Å²) in [5.74, 6) is 2.96. The van der Waals surface area contributed by atoms with E-state index in [-0.39, 0.29) is 0 Å². The van der Waals surface area contributed by atoms with E-state index in [4.69, 9.17) is 0 Å². The molecule has 2 aliphatic carbocycles. The molecule has 1 saturated heterocycles. The average Bonchev–Trinajstić information content (AvgIpc) is 2.99. The van der Waals surface area contributed by atoms with E-state index < -0.39 is 0 Å². The number of nitrogens with zero attached hydrogens (tertiary/aromatic N) is 1. The van der Waals surface area contributed by atoms with Gasteiger partial charge >= 0.3 is 0 Å². The minimum absolute atomic E-state index is 0.477. The van der Waals surface area contributed by atoms with Gasteiger partial charge < -0.3 is 5.32 Å². The zero-order valence-corrected chi connectivity index (χ0v) is 14.7. The summed E-state index contributed by atoms with van der Waals surface area (Å²) in [5, 5.41) is 3.81. The Balaban J connectivity index is 1.69. The predicted molar refractivity (Wildman–Crippen MR) is 90.5 cm³/mol. The smallest absolute Gasteiger partial charge is 0.0252 e. The highest BCUT2D eigenvalue weighted by atomic mass is 15.2. The van der Waals surface area contributed by atoms with Crippen LogP contribution in [-0.2, 0) is 0 Å². The number of fused-ring (bicyclic) bond motifs is 1. The van der Waals surface area contributed by atoms with Crippen molar-refractivity contribution in [1.29, 1.82) is 0 Å². The van der Waals surface area contributed by atoms with Gasteiger partial charge in [0.1, 0.15) is 0 Å². The molecular weight excluding hydrogens is 256 g/mol. The Labute approximate surface area is 132 Å². The lowest BCUT2D eigenvalue weighted by Gasteiger charge is -2.45. The van der Waals surface area contributed by atoms with E-state index >= 15 is 0 Å². The number of nitrogens with one attached hydrogen (secondary N) is 1. The van der Waals surface area contributed by atoms with E-state index in [1.807, 2.05) is 0 Å². The van der Waals surface area contributed by atoms with E-state index in [1.54, 1.807) is 0 Å². The van der Waals surface area contributed by atoms with Gasteiger partial charge in [0, 0.05) is 25.2 Å². The third-order valence-electron chi connectivity index (χ3n) is 6.73. The Bertz CT molecular complexity index is 334. The molecule has 3 fully saturated rings. The summed E-state index contributed by atoms with van der Waals surface area (Å²) in [5.41, 5.74) is 0.477. The molecule has 3 rings (SSSR count). The van der Waals surface area contributed by atoms with Gasteiger partial charge in [-0.15, -0.1) is 0 Å². The van der Waals surface area contributed by atoms with Gasteiger partial charge in [-0.2, -0.15) is 0 Å². The highest BCUT2D eigenvalue weighted by molar-refractivity contribution is 4.99. The van der Waals surface area contributed by atoms with E-state index in [9.17, 15) is 0 Å². The lowest BCUT2D eigenvalue weighted by Crippen LogP contribution is -2.54. The first-order valence-corrected chi connectivity index (χ1v) is 9.46. The van der Waals surface area contributed by atoms with Crippen LogP contribution in [-0.4, -0.2) is 36.6 Å². The fourth-order valence-electron chi connectivity index (χ4n) is 5.38. The minimum atomic E-state index is 0.477. The highest BCUT2D eigenvalue weighted by Crippen LogP contribution is 2.44. The van der Waals surface area contributed by atoms with Crippen molar-refractivity contribution in [1.82, 2.24) is 10.2 Å². The minimum Gasteiger partial charge on any atom is -0.313 e. The Kier molecular flexibility index (Phi) is 4.66. The third kappa shape index (κ3) is 3.32. The van der Waals surface area contributed by atoms with Crippen molar-refractivity contribution in [3.63, 3.8) is 0 Å². The van der Waals surface area contributed by atoms with E-state index in [2.05, 4.69) is 37.9 Å². The van der Waals surface area contributed by atoms with Crippen molar-refractivity contribution in [3.8, 4) is 0 Å². The van der Waals surface area contributed by atoms with Crippen molar-refractivity contribution in [2.45, 2.75) is 78.3 Å². The van der Waals surface area contributed by atoms with E-state index in [0.29, 0.717) is 5.41 Å². The van der Waals surface area contributed by atoms with Gasteiger partial charge in [-0.3, -0.25) is 4.90 Å².